The predicted molar refractivity (Wildman–Crippen MR) is 69.7 cm³/mol. The van der Waals surface area contributed by atoms with Gasteiger partial charge in [-0.15, -0.1) is 0 Å². The second-order valence-corrected chi connectivity index (χ2v) is 3.75. The molecule has 0 bridgehead atoms. The van der Waals surface area contributed by atoms with E-state index in [0.29, 0.717) is 0 Å². The molecular formula is C13H17N3. The number of aromatic nitrogens is 1. The first-order valence-corrected chi connectivity index (χ1v) is 5.66. The molecule has 0 fully saturated rings. The molecule has 0 radical (unpaired) electrons. The Morgan fingerprint density at radius 3 is 2.62 bits per heavy atom. The van der Waals surface area contributed by atoms with Crippen molar-refractivity contribution in [3.05, 3.63) is 30.5 Å². The van der Waals surface area contributed by atoms with Crippen molar-refractivity contribution in [2.24, 2.45) is 0 Å². The van der Waals surface area contributed by atoms with Crippen LogP contribution in [0.2, 0.25) is 0 Å². The average Bonchev–Trinajstić information content (AvgIpc) is 2.32. The number of nitrogen functional groups attached to an aromatic ring is 1. The normalized spacial score (nSPS) is 10.6. The minimum atomic E-state index is 0.742. The summed E-state index contributed by atoms with van der Waals surface area (Å²) in [5.74, 6) is 0. The number of hydrogen-bond donors (Lipinski definition) is 1. The van der Waals surface area contributed by atoms with Crippen LogP contribution in [0, 0.1) is 0 Å². The topological polar surface area (TPSA) is 42.2 Å². The third kappa shape index (κ3) is 1.69. The number of anilines is 2. The number of nitrogens with zero attached hydrogens (tertiary/aromatic N) is 2. The van der Waals surface area contributed by atoms with Gasteiger partial charge < -0.3 is 10.6 Å². The van der Waals surface area contributed by atoms with E-state index in [2.05, 4.69) is 35.9 Å². The van der Waals surface area contributed by atoms with Crippen LogP contribution in [0.5, 0.6) is 0 Å². The third-order valence-electron chi connectivity index (χ3n) is 2.88. The minimum Gasteiger partial charge on any atom is -0.397 e. The molecule has 0 aliphatic rings. The van der Waals surface area contributed by atoms with Crippen molar-refractivity contribution in [1.29, 1.82) is 0 Å². The van der Waals surface area contributed by atoms with Gasteiger partial charge in [-0.2, -0.15) is 0 Å². The van der Waals surface area contributed by atoms with E-state index in [0.717, 1.165) is 29.7 Å². The maximum absolute atomic E-state index is 5.93. The first-order chi connectivity index (χ1) is 7.77. The van der Waals surface area contributed by atoms with Gasteiger partial charge in [-0.05, 0) is 26.0 Å². The van der Waals surface area contributed by atoms with Gasteiger partial charge in [0.1, 0.15) is 0 Å². The highest BCUT2D eigenvalue weighted by atomic mass is 15.1. The van der Waals surface area contributed by atoms with Crippen LogP contribution in [0.4, 0.5) is 11.4 Å². The summed E-state index contributed by atoms with van der Waals surface area (Å²) in [7, 11) is 0. The second-order valence-electron chi connectivity index (χ2n) is 3.75. The van der Waals surface area contributed by atoms with Crippen molar-refractivity contribution in [2.45, 2.75) is 13.8 Å². The van der Waals surface area contributed by atoms with Crippen LogP contribution >= 0.6 is 0 Å². The maximum Gasteiger partial charge on any atom is 0.0951 e. The molecule has 0 saturated carbocycles. The maximum atomic E-state index is 5.93. The highest BCUT2D eigenvalue weighted by Crippen LogP contribution is 2.28. The fraction of sp³-hybridized carbons (Fsp3) is 0.308. The summed E-state index contributed by atoms with van der Waals surface area (Å²) in [4.78, 5) is 6.65. The number of pyridine rings is 1. The number of fused-ring (bicyclic) bond motifs is 1. The van der Waals surface area contributed by atoms with E-state index in [1.165, 1.54) is 5.69 Å². The summed E-state index contributed by atoms with van der Waals surface area (Å²) in [6.07, 6.45) is 1.83. The molecule has 2 aromatic rings. The minimum absolute atomic E-state index is 0.742. The van der Waals surface area contributed by atoms with E-state index >= 15 is 0 Å². The van der Waals surface area contributed by atoms with Crippen molar-refractivity contribution in [1.82, 2.24) is 4.98 Å². The Hall–Kier alpha value is -1.77. The fourth-order valence-corrected chi connectivity index (χ4v) is 2.02. The molecule has 16 heavy (non-hydrogen) atoms. The van der Waals surface area contributed by atoms with Gasteiger partial charge in [0.15, 0.2) is 0 Å². The summed E-state index contributed by atoms with van der Waals surface area (Å²) in [5.41, 5.74) is 8.78. The number of rotatable bonds is 3. The lowest BCUT2D eigenvalue weighted by atomic mass is 10.1. The molecule has 0 atom stereocenters. The van der Waals surface area contributed by atoms with Gasteiger partial charge in [0.05, 0.1) is 11.2 Å². The largest absolute Gasteiger partial charge is 0.397 e. The number of hydrogen-bond acceptors (Lipinski definition) is 3. The molecule has 0 saturated heterocycles. The summed E-state index contributed by atoms with van der Waals surface area (Å²) < 4.78 is 0. The van der Waals surface area contributed by atoms with Crippen LogP contribution in [-0.2, 0) is 0 Å². The predicted octanol–water partition coefficient (Wildman–Crippen LogP) is 2.66. The van der Waals surface area contributed by atoms with Crippen LogP contribution < -0.4 is 10.6 Å². The third-order valence-corrected chi connectivity index (χ3v) is 2.88. The van der Waals surface area contributed by atoms with Crippen LogP contribution in [0.15, 0.2) is 30.5 Å². The van der Waals surface area contributed by atoms with Crippen LogP contribution in [0.25, 0.3) is 10.9 Å². The Labute approximate surface area is 95.9 Å². The van der Waals surface area contributed by atoms with Crippen LogP contribution in [-0.4, -0.2) is 18.1 Å². The molecule has 3 nitrogen and oxygen atoms in total. The Bertz CT molecular complexity index is 490. The van der Waals surface area contributed by atoms with E-state index in [-0.39, 0.29) is 0 Å². The van der Waals surface area contributed by atoms with Crippen LogP contribution in [0.3, 0.4) is 0 Å². The molecule has 0 aliphatic carbocycles. The molecule has 84 valence electrons. The van der Waals surface area contributed by atoms with Crippen molar-refractivity contribution >= 4 is 22.3 Å². The quantitative estimate of drug-likeness (QED) is 0.800. The fourth-order valence-electron chi connectivity index (χ4n) is 2.02. The molecule has 2 N–H and O–H groups in total. The van der Waals surface area contributed by atoms with E-state index in [9.17, 15) is 0 Å². The molecule has 1 aromatic heterocycles. The summed E-state index contributed by atoms with van der Waals surface area (Å²) in [5, 5.41) is 1.13. The summed E-state index contributed by atoms with van der Waals surface area (Å²) in [6.45, 7) is 6.29. The lowest BCUT2D eigenvalue weighted by Crippen LogP contribution is -2.22. The lowest BCUT2D eigenvalue weighted by molar-refractivity contribution is 0.870. The molecule has 1 heterocycles. The van der Waals surface area contributed by atoms with E-state index in [1.807, 2.05) is 18.3 Å². The van der Waals surface area contributed by atoms with E-state index in [4.69, 9.17) is 5.73 Å². The number of nitrogens with two attached hydrogens (primary N) is 1. The van der Waals surface area contributed by atoms with Gasteiger partial charge >= 0.3 is 0 Å². The van der Waals surface area contributed by atoms with Crippen molar-refractivity contribution < 1.29 is 0 Å². The summed E-state index contributed by atoms with van der Waals surface area (Å²) in [6, 6.07) is 7.99. The molecule has 0 unspecified atom stereocenters. The Morgan fingerprint density at radius 1 is 1.19 bits per heavy atom. The van der Waals surface area contributed by atoms with Crippen molar-refractivity contribution in [2.75, 3.05) is 23.7 Å². The molecular weight excluding hydrogens is 198 g/mol. The zero-order valence-electron chi connectivity index (χ0n) is 9.77. The molecule has 3 heteroatoms. The average molecular weight is 215 g/mol. The first-order valence-electron chi connectivity index (χ1n) is 5.66. The van der Waals surface area contributed by atoms with Crippen molar-refractivity contribution in [3.8, 4) is 0 Å². The molecule has 0 spiro atoms. The lowest BCUT2D eigenvalue weighted by Gasteiger charge is -2.22. The summed E-state index contributed by atoms with van der Waals surface area (Å²) >= 11 is 0. The van der Waals surface area contributed by atoms with Gasteiger partial charge in [-0.3, -0.25) is 4.98 Å². The highest BCUT2D eigenvalue weighted by molar-refractivity contribution is 5.97. The van der Waals surface area contributed by atoms with Crippen LogP contribution in [0.1, 0.15) is 13.8 Å². The van der Waals surface area contributed by atoms with Gasteiger partial charge in [0.25, 0.3) is 0 Å². The van der Waals surface area contributed by atoms with Gasteiger partial charge in [-0.25, -0.2) is 0 Å². The molecule has 0 aliphatic heterocycles. The standard InChI is InChI=1S/C13H17N3/c1-3-16(4-2)12-8-9-15-13-10(12)6-5-7-11(13)14/h5-9H,3-4,14H2,1-2H3. The van der Waals surface area contributed by atoms with Gasteiger partial charge in [-0.1, -0.05) is 12.1 Å². The Balaban J connectivity index is 2.66. The highest BCUT2D eigenvalue weighted by Gasteiger charge is 2.08. The molecule has 0 amide bonds. The monoisotopic (exact) mass is 215 g/mol. The van der Waals surface area contributed by atoms with Gasteiger partial charge in [0.2, 0.25) is 0 Å². The zero-order valence-corrected chi connectivity index (χ0v) is 9.77. The SMILES string of the molecule is CCN(CC)c1ccnc2c(N)cccc12. The smallest absolute Gasteiger partial charge is 0.0951 e. The number of para-hydroxylation sites is 1. The van der Waals surface area contributed by atoms with E-state index < -0.39 is 0 Å². The number of benzene rings is 1. The van der Waals surface area contributed by atoms with Gasteiger partial charge in [0, 0.05) is 30.4 Å². The van der Waals surface area contributed by atoms with Crippen molar-refractivity contribution in [3.63, 3.8) is 0 Å². The molecule has 2 rings (SSSR count). The van der Waals surface area contributed by atoms with E-state index in [1.54, 1.807) is 0 Å². The Morgan fingerprint density at radius 2 is 1.94 bits per heavy atom. The molecule has 1 aromatic carbocycles. The second kappa shape index (κ2) is 4.39. The Kier molecular flexibility index (Phi) is 2.95. The first kappa shape index (κ1) is 10.7. The zero-order chi connectivity index (χ0) is 11.5.